The predicted octanol–water partition coefficient (Wildman–Crippen LogP) is 3.67. The summed E-state index contributed by atoms with van der Waals surface area (Å²) in [4.78, 5) is 23.0. The lowest BCUT2D eigenvalue weighted by molar-refractivity contribution is -0.140. The van der Waals surface area contributed by atoms with Crippen molar-refractivity contribution in [3.05, 3.63) is 29.3 Å². The molecule has 0 aliphatic carbocycles. The molecule has 4 fully saturated rings. The van der Waals surface area contributed by atoms with Crippen LogP contribution in [0.15, 0.2) is 18.2 Å². The summed E-state index contributed by atoms with van der Waals surface area (Å²) >= 11 is 0. The number of carboxylic acid groups (broad SMARTS) is 1. The number of ether oxygens (including phenoxy) is 2. The molecule has 1 aromatic carbocycles. The summed E-state index contributed by atoms with van der Waals surface area (Å²) in [5, 5.41) is 15.9. The number of nitrogens with zero attached hydrogens (tertiary/aromatic N) is 2. The first-order chi connectivity index (χ1) is 17.1. The number of rotatable bonds is 1. The van der Waals surface area contributed by atoms with E-state index in [4.69, 9.17) is 24.6 Å². The second kappa shape index (κ2) is 11.6. The fourth-order valence-corrected chi connectivity index (χ4v) is 5.60. The van der Waals surface area contributed by atoms with Gasteiger partial charge in [0.15, 0.2) is 0 Å². The summed E-state index contributed by atoms with van der Waals surface area (Å²) in [5.74, 6) is -0.849. The summed E-state index contributed by atoms with van der Waals surface area (Å²) in [6, 6.07) is 4.96. The first-order valence-electron chi connectivity index (χ1n) is 10.5. The van der Waals surface area contributed by atoms with Gasteiger partial charge in [-0.15, -0.1) is 38.5 Å². The number of alkyl halides is 3. The molecule has 7 nitrogen and oxygen atoms in total. The van der Waals surface area contributed by atoms with E-state index in [-0.39, 0.29) is 24.0 Å². The summed E-state index contributed by atoms with van der Waals surface area (Å²) < 4.78 is 52.3. The average Bonchev–Trinajstić information content (AvgIpc) is 3.48. The molecule has 1 spiro atoms. The van der Waals surface area contributed by atoms with E-state index >= 15 is 0 Å². The third kappa shape index (κ3) is 4.75. The zero-order chi connectivity index (χ0) is 27.9. The van der Waals surface area contributed by atoms with Crippen LogP contribution in [0.5, 0.6) is 0 Å². The molecule has 4 saturated heterocycles. The fraction of sp³-hybridized carbons (Fsp3) is 0.423. The Balaban J connectivity index is 0.000000647. The van der Waals surface area contributed by atoms with Gasteiger partial charge in [-0.1, -0.05) is 0 Å². The highest BCUT2D eigenvalue weighted by Crippen LogP contribution is 2.65. The molecule has 4 aliphatic heterocycles. The molecule has 5 rings (SSSR count). The van der Waals surface area contributed by atoms with Crippen molar-refractivity contribution >= 4 is 18.1 Å². The fourth-order valence-electron chi connectivity index (χ4n) is 5.60. The number of anilines is 1. The van der Waals surface area contributed by atoms with Crippen molar-refractivity contribution in [3.63, 3.8) is 0 Å². The second-order valence-corrected chi connectivity index (χ2v) is 8.15. The van der Waals surface area contributed by atoms with Crippen LogP contribution in [-0.2, 0) is 25.2 Å². The number of hydrogen-bond acceptors (Lipinski definition) is 5. The topological polar surface area (TPSA) is 99.9 Å². The highest BCUT2D eigenvalue weighted by molar-refractivity contribution is 6.00. The Morgan fingerprint density at radius 1 is 1.17 bits per heavy atom. The van der Waals surface area contributed by atoms with Crippen molar-refractivity contribution in [1.29, 1.82) is 5.26 Å². The van der Waals surface area contributed by atoms with E-state index in [0.717, 1.165) is 25.0 Å². The number of amides is 1. The van der Waals surface area contributed by atoms with Crippen molar-refractivity contribution < 1.29 is 37.3 Å². The maximum absolute atomic E-state index is 13.4. The van der Waals surface area contributed by atoms with E-state index in [9.17, 15) is 18.0 Å². The van der Waals surface area contributed by atoms with Crippen LogP contribution >= 0.6 is 0 Å². The average molecular weight is 502 g/mol. The maximum Gasteiger partial charge on any atom is 0.417 e. The summed E-state index contributed by atoms with van der Waals surface area (Å²) in [6.45, 7) is 2.07. The van der Waals surface area contributed by atoms with Crippen molar-refractivity contribution in [3.8, 4) is 44.6 Å². The smallest absolute Gasteiger partial charge is 0.417 e. The monoisotopic (exact) mass is 502 g/mol. The van der Waals surface area contributed by atoms with Gasteiger partial charge in [-0.25, -0.2) is 0 Å². The van der Waals surface area contributed by atoms with E-state index in [1.807, 2.05) is 6.92 Å². The first kappa shape index (κ1) is 30.1. The molecule has 2 bridgehead atoms. The second-order valence-electron chi connectivity index (χ2n) is 8.15. The van der Waals surface area contributed by atoms with Crippen LogP contribution in [0.1, 0.15) is 37.3 Å². The van der Waals surface area contributed by atoms with Gasteiger partial charge in [0.25, 0.3) is 6.47 Å². The molecule has 10 heteroatoms. The third-order valence-electron chi connectivity index (χ3n) is 6.69. The minimum absolute atomic E-state index is 0.116. The number of nitriles is 1. The van der Waals surface area contributed by atoms with Gasteiger partial charge >= 0.3 is 6.18 Å². The standard InChI is InChI=1S/C19H17F3N2O3.3C2H2.CH2O2/c1-17-4-5-18(27-17)6-7-26-16-14(18)13(17)15(25)24(16)11-3-2-10(9-23)12(8-11)19(20,21)22;3*1-2;2-1-3/h2-3,8,13-14,16H,4-7H2,1H3;3*1-2H;1H,(H,2,3)/t13?,14?,16-,17+,18+;;;;/m0..../s1. The van der Waals surface area contributed by atoms with Gasteiger partial charge in [0.2, 0.25) is 5.91 Å². The number of hydrogen-bond donors (Lipinski definition) is 1. The molecule has 190 valence electrons. The van der Waals surface area contributed by atoms with Crippen LogP contribution in [0, 0.1) is 61.7 Å². The van der Waals surface area contributed by atoms with E-state index in [0.29, 0.717) is 13.0 Å². The van der Waals surface area contributed by atoms with E-state index in [2.05, 4.69) is 38.5 Å². The van der Waals surface area contributed by atoms with Crippen LogP contribution in [0.25, 0.3) is 0 Å². The van der Waals surface area contributed by atoms with Crippen LogP contribution < -0.4 is 4.90 Å². The largest absolute Gasteiger partial charge is 0.483 e. The van der Waals surface area contributed by atoms with Gasteiger partial charge < -0.3 is 14.6 Å². The Morgan fingerprint density at radius 3 is 2.28 bits per heavy atom. The molecule has 5 atom stereocenters. The Labute approximate surface area is 208 Å². The van der Waals surface area contributed by atoms with Crippen molar-refractivity contribution in [2.24, 2.45) is 11.8 Å². The lowest BCUT2D eigenvalue weighted by atomic mass is 9.66. The van der Waals surface area contributed by atoms with Crippen LogP contribution in [0.4, 0.5) is 18.9 Å². The molecule has 36 heavy (non-hydrogen) atoms. The summed E-state index contributed by atoms with van der Waals surface area (Å²) in [6.07, 6.45) is 21.0. The van der Waals surface area contributed by atoms with Crippen molar-refractivity contribution in [2.75, 3.05) is 11.5 Å². The number of fused-ring (bicyclic) bond motifs is 2. The quantitative estimate of drug-likeness (QED) is 0.465. The third-order valence-corrected chi connectivity index (χ3v) is 6.69. The van der Waals surface area contributed by atoms with Crippen LogP contribution in [0.3, 0.4) is 0 Å². The van der Waals surface area contributed by atoms with E-state index in [1.165, 1.54) is 11.0 Å². The molecule has 0 saturated carbocycles. The Hall–Kier alpha value is -3.96. The molecular weight excluding hydrogens is 477 g/mol. The Bertz CT molecular complexity index is 1060. The number of terminal acetylenes is 3. The van der Waals surface area contributed by atoms with E-state index in [1.54, 1.807) is 6.07 Å². The maximum atomic E-state index is 13.4. The van der Waals surface area contributed by atoms with Gasteiger partial charge in [-0.2, -0.15) is 18.4 Å². The normalized spacial score (nSPS) is 30.2. The summed E-state index contributed by atoms with van der Waals surface area (Å²) in [5.41, 5.74) is -2.41. The summed E-state index contributed by atoms with van der Waals surface area (Å²) in [7, 11) is 0. The Kier molecular flexibility index (Phi) is 9.73. The molecule has 4 aliphatic rings. The minimum Gasteiger partial charge on any atom is -0.483 e. The van der Waals surface area contributed by atoms with Crippen LogP contribution in [0.2, 0.25) is 0 Å². The highest BCUT2D eigenvalue weighted by Gasteiger charge is 2.75. The number of carbonyl (C=O) groups is 2. The number of halogens is 3. The number of benzene rings is 1. The van der Waals surface area contributed by atoms with Gasteiger partial charge in [0.05, 0.1) is 40.9 Å². The molecule has 0 aromatic heterocycles. The molecular formula is C26H25F3N2O5. The highest BCUT2D eigenvalue weighted by atomic mass is 19.4. The molecule has 1 aromatic rings. The Morgan fingerprint density at radius 2 is 1.75 bits per heavy atom. The van der Waals surface area contributed by atoms with Crippen molar-refractivity contribution in [2.45, 2.75) is 49.8 Å². The number of carbonyl (C=O) groups excluding carboxylic acids is 1. The van der Waals surface area contributed by atoms with Crippen LogP contribution in [-0.4, -0.2) is 41.5 Å². The van der Waals surface area contributed by atoms with Crippen molar-refractivity contribution in [1.82, 2.24) is 0 Å². The zero-order valence-corrected chi connectivity index (χ0v) is 19.4. The minimum atomic E-state index is -4.68. The van der Waals surface area contributed by atoms with Gasteiger partial charge in [0, 0.05) is 18.0 Å². The first-order valence-corrected chi connectivity index (χ1v) is 10.5. The predicted molar refractivity (Wildman–Crippen MR) is 125 cm³/mol. The SMILES string of the molecule is C#C.C#C.C#C.C[C@@]12CC[C@]3(CCO[C@H]4C3C1C(=O)N4c1ccc(C#N)c(C(F)(F)F)c1)O2.O=CO. The lowest BCUT2D eigenvalue weighted by Gasteiger charge is -2.41. The molecule has 0 radical (unpaired) electrons. The zero-order valence-electron chi connectivity index (χ0n) is 19.4. The van der Waals surface area contributed by atoms with E-state index < -0.39 is 40.7 Å². The molecule has 1 amide bonds. The molecule has 1 N–H and O–H groups in total. The van der Waals surface area contributed by atoms with Gasteiger partial charge in [-0.05, 0) is 38.0 Å². The molecule has 2 unspecified atom stereocenters. The lowest BCUT2D eigenvalue weighted by Crippen LogP contribution is -2.51. The molecule has 4 heterocycles. The van der Waals surface area contributed by atoms with Gasteiger partial charge in [-0.3, -0.25) is 14.5 Å². The van der Waals surface area contributed by atoms with Gasteiger partial charge in [0.1, 0.15) is 6.23 Å².